The highest BCUT2D eigenvalue weighted by atomic mass is 35.5. The normalized spacial score (nSPS) is 10.6. The average molecular weight is 267 g/mol. The molecule has 0 spiro atoms. The molecule has 0 aliphatic heterocycles. The lowest BCUT2D eigenvalue weighted by molar-refractivity contribution is 0.264. The van der Waals surface area contributed by atoms with E-state index in [2.05, 4.69) is 17.2 Å². The van der Waals surface area contributed by atoms with E-state index in [0.717, 1.165) is 24.6 Å². The van der Waals surface area contributed by atoms with E-state index >= 15 is 0 Å². The van der Waals surface area contributed by atoms with Crippen molar-refractivity contribution in [3.63, 3.8) is 0 Å². The molecule has 4 nitrogen and oxygen atoms in total. The Bertz CT molecular complexity index is 499. The predicted octanol–water partition coefficient (Wildman–Crippen LogP) is 3.02. The molecule has 0 aromatic carbocycles. The average Bonchev–Trinajstić information content (AvgIpc) is 2.82. The van der Waals surface area contributed by atoms with Gasteiger partial charge in [0.2, 0.25) is 0 Å². The van der Waals surface area contributed by atoms with Crippen molar-refractivity contribution < 1.29 is 9.15 Å². The van der Waals surface area contributed by atoms with Gasteiger partial charge in [-0.25, -0.2) is 0 Å². The summed E-state index contributed by atoms with van der Waals surface area (Å²) in [5.74, 6) is 2.31. The molecule has 0 aliphatic rings. The van der Waals surface area contributed by atoms with E-state index in [1.807, 2.05) is 12.1 Å². The third kappa shape index (κ3) is 3.75. The fraction of sp³-hybridized carbons (Fsp3) is 0.308. The SMILES string of the molecule is CCNCc1ccc(COc2cncc(Cl)c2)o1. The van der Waals surface area contributed by atoms with Gasteiger partial charge in [0.15, 0.2) is 0 Å². The zero-order chi connectivity index (χ0) is 12.8. The number of hydrogen-bond donors (Lipinski definition) is 1. The van der Waals surface area contributed by atoms with E-state index in [9.17, 15) is 0 Å². The van der Waals surface area contributed by atoms with Crippen LogP contribution in [0.25, 0.3) is 0 Å². The maximum Gasteiger partial charge on any atom is 0.146 e. The molecule has 0 radical (unpaired) electrons. The van der Waals surface area contributed by atoms with Crippen molar-refractivity contribution in [3.8, 4) is 5.75 Å². The molecule has 0 bridgehead atoms. The number of rotatable bonds is 6. The van der Waals surface area contributed by atoms with Crippen molar-refractivity contribution >= 4 is 11.6 Å². The summed E-state index contributed by atoms with van der Waals surface area (Å²) in [7, 11) is 0. The van der Waals surface area contributed by atoms with Crippen molar-refractivity contribution in [1.82, 2.24) is 10.3 Å². The molecular weight excluding hydrogens is 252 g/mol. The van der Waals surface area contributed by atoms with Crippen molar-refractivity contribution in [2.75, 3.05) is 6.54 Å². The molecule has 2 heterocycles. The Labute approximate surface area is 111 Å². The van der Waals surface area contributed by atoms with Crippen LogP contribution in [-0.4, -0.2) is 11.5 Å². The van der Waals surface area contributed by atoms with Gasteiger partial charge in [0.25, 0.3) is 0 Å². The van der Waals surface area contributed by atoms with E-state index in [0.29, 0.717) is 17.4 Å². The molecular formula is C13H15ClN2O2. The smallest absolute Gasteiger partial charge is 0.146 e. The number of furan rings is 1. The van der Waals surface area contributed by atoms with E-state index in [-0.39, 0.29) is 0 Å². The molecule has 0 aliphatic carbocycles. The van der Waals surface area contributed by atoms with Crippen LogP contribution >= 0.6 is 11.6 Å². The van der Waals surface area contributed by atoms with Crippen LogP contribution in [0.5, 0.6) is 5.75 Å². The second-order valence-corrected chi connectivity index (χ2v) is 4.21. The molecule has 0 amide bonds. The van der Waals surface area contributed by atoms with Gasteiger partial charge in [0.1, 0.15) is 23.9 Å². The molecule has 0 saturated carbocycles. The third-order valence-electron chi connectivity index (χ3n) is 2.33. The van der Waals surface area contributed by atoms with Gasteiger partial charge in [-0.05, 0) is 18.7 Å². The first-order valence-electron chi connectivity index (χ1n) is 5.79. The summed E-state index contributed by atoms with van der Waals surface area (Å²) in [5, 5.41) is 3.75. The number of pyridine rings is 1. The molecule has 2 aromatic rings. The first-order valence-corrected chi connectivity index (χ1v) is 6.17. The molecule has 2 aromatic heterocycles. The quantitative estimate of drug-likeness (QED) is 0.873. The second-order valence-electron chi connectivity index (χ2n) is 3.78. The standard InChI is InChI=1S/C13H15ClN2O2/c1-2-15-7-11-3-4-12(18-11)9-17-13-5-10(14)6-16-8-13/h3-6,8,15H,2,7,9H2,1H3. The van der Waals surface area contributed by atoms with Gasteiger partial charge < -0.3 is 14.5 Å². The number of ether oxygens (including phenoxy) is 1. The molecule has 5 heteroatoms. The summed E-state index contributed by atoms with van der Waals surface area (Å²) in [6.07, 6.45) is 3.18. The largest absolute Gasteiger partial charge is 0.484 e. The highest BCUT2D eigenvalue weighted by Crippen LogP contribution is 2.17. The zero-order valence-corrected chi connectivity index (χ0v) is 10.9. The summed E-state index contributed by atoms with van der Waals surface area (Å²) in [6, 6.07) is 5.57. The zero-order valence-electron chi connectivity index (χ0n) is 10.1. The molecule has 96 valence electrons. The van der Waals surface area contributed by atoms with Crippen LogP contribution in [0.3, 0.4) is 0 Å². The van der Waals surface area contributed by atoms with Crippen LogP contribution in [0.15, 0.2) is 35.0 Å². The minimum absolute atomic E-state index is 0.369. The minimum atomic E-state index is 0.369. The summed E-state index contributed by atoms with van der Waals surface area (Å²) in [6.45, 7) is 4.07. The Morgan fingerprint density at radius 3 is 2.94 bits per heavy atom. The van der Waals surface area contributed by atoms with Crippen LogP contribution in [-0.2, 0) is 13.2 Å². The lowest BCUT2D eigenvalue weighted by atomic mass is 10.4. The maximum atomic E-state index is 5.81. The first kappa shape index (κ1) is 12.9. The van der Waals surface area contributed by atoms with Gasteiger partial charge in [-0.15, -0.1) is 0 Å². The molecule has 0 saturated heterocycles. The highest BCUT2D eigenvalue weighted by molar-refractivity contribution is 6.30. The number of hydrogen-bond acceptors (Lipinski definition) is 4. The third-order valence-corrected chi connectivity index (χ3v) is 2.53. The fourth-order valence-corrected chi connectivity index (χ4v) is 1.63. The number of halogens is 1. The van der Waals surface area contributed by atoms with Gasteiger partial charge in [-0.2, -0.15) is 0 Å². The summed E-state index contributed by atoms with van der Waals surface area (Å²) in [5.41, 5.74) is 0. The van der Waals surface area contributed by atoms with Gasteiger partial charge in [-0.3, -0.25) is 4.98 Å². The van der Waals surface area contributed by atoms with Crippen molar-refractivity contribution in [1.29, 1.82) is 0 Å². The molecule has 2 rings (SSSR count). The Hall–Kier alpha value is -1.52. The Morgan fingerprint density at radius 1 is 1.33 bits per heavy atom. The lowest BCUT2D eigenvalue weighted by Gasteiger charge is -2.03. The van der Waals surface area contributed by atoms with Gasteiger partial charge in [0, 0.05) is 12.3 Å². The van der Waals surface area contributed by atoms with Crippen LogP contribution in [0.1, 0.15) is 18.4 Å². The summed E-state index contributed by atoms with van der Waals surface area (Å²) < 4.78 is 11.1. The second kappa shape index (κ2) is 6.42. The maximum absolute atomic E-state index is 5.81. The van der Waals surface area contributed by atoms with E-state index < -0.39 is 0 Å². The number of aromatic nitrogens is 1. The summed E-state index contributed by atoms with van der Waals surface area (Å²) in [4.78, 5) is 3.94. The molecule has 18 heavy (non-hydrogen) atoms. The molecule has 0 unspecified atom stereocenters. The number of nitrogens with one attached hydrogen (secondary N) is 1. The molecule has 0 fully saturated rings. The Morgan fingerprint density at radius 2 is 2.17 bits per heavy atom. The predicted molar refractivity (Wildman–Crippen MR) is 69.7 cm³/mol. The summed E-state index contributed by atoms with van der Waals surface area (Å²) >= 11 is 5.81. The monoisotopic (exact) mass is 266 g/mol. The highest BCUT2D eigenvalue weighted by Gasteiger charge is 2.03. The van der Waals surface area contributed by atoms with Crippen LogP contribution in [0.4, 0.5) is 0 Å². The van der Waals surface area contributed by atoms with Crippen molar-refractivity contribution in [2.24, 2.45) is 0 Å². The van der Waals surface area contributed by atoms with Crippen LogP contribution < -0.4 is 10.1 Å². The van der Waals surface area contributed by atoms with Crippen LogP contribution in [0.2, 0.25) is 5.02 Å². The van der Waals surface area contributed by atoms with E-state index in [1.54, 1.807) is 18.5 Å². The Kier molecular flexibility index (Phi) is 4.61. The van der Waals surface area contributed by atoms with Gasteiger partial charge in [-0.1, -0.05) is 18.5 Å². The van der Waals surface area contributed by atoms with Crippen LogP contribution in [0, 0.1) is 0 Å². The first-order chi connectivity index (χ1) is 8.78. The van der Waals surface area contributed by atoms with Crippen molar-refractivity contribution in [3.05, 3.63) is 47.1 Å². The minimum Gasteiger partial charge on any atom is -0.484 e. The van der Waals surface area contributed by atoms with E-state index in [4.69, 9.17) is 20.8 Å². The number of nitrogens with zero attached hydrogens (tertiary/aromatic N) is 1. The lowest BCUT2D eigenvalue weighted by Crippen LogP contribution is -2.10. The van der Waals surface area contributed by atoms with Gasteiger partial charge >= 0.3 is 0 Å². The fourth-order valence-electron chi connectivity index (χ4n) is 1.47. The topological polar surface area (TPSA) is 47.3 Å². The van der Waals surface area contributed by atoms with Gasteiger partial charge in [0.05, 0.1) is 17.8 Å². The Balaban J connectivity index is 1.88. The van der Waals surface area contributed by atoms with E-state index in [1.165, 1.54) is 0 Å². The molecule has 0 atom stereocenters. The molecule has 1 N–H and O–H groups in total. The van der Waals surface area contributed by atoms with Crippen molar-refractivity contribution in [2.45, 2.75) is 20.1 Å².